The van der Waals surface area contributed by atoms with E-state index >= 15 is 0 Å². The number of aromatic hydroxyl groups is 1. The quantitative estimate of drug-likeness (QED) is 0.250. The van der Waals surface area contributed by atoms with Gasteiger partial charge >= 0.3 is 0 Å². The summed E-state index contributed by atoms with van der Waals surface area (Å²) in [6.45, 7) is 6.39. The van der Waals surface area contributed by atoms with Crippen LogP contribution in [0, 0.1) is 10.1 Å². The van der Waals surface area contributed by atoms with Crippen molar-refractivity contribution in [2.24, 2.45) is 10.2 Å². The fourth-order valence-corrected chi connectivity index (χ4v) is 3.38. The van der Waals surface area contributed by atoms with Crippen LogP contribution < -0.4 is 5.32 Å². The molecule has 1 saturated heterocycles. The number of hydrogen-bond acceptors (Lipinski definition) is 6. The van der Waals surface area contributed by atoms with Gasteiger partial charge in [-0.2, -0.15) is 0 Å². The van der Waals surface area contributed by atoms with Crippen molar-refractivity contribution in [3.63, 3.8) is 0 Å². The van der Waals surface area contributed by atoms with Crippen LogP contribution in [0.4, 0.5) is 11.4 Å². The Kier molecular flexibility index (Phi) is 6.32. The second-order valence-electron chi connectivity index (χ2n) is 6.55. The standard InChI is InChI=1S/C18H22N6O3S/c1-2-8-19-18(28)21-20-16-14-11-13(24(26)27)6-7-15(14)23(17(16)25)12-22-9-4-3-5-10-22/h2,6-7,11,25H,1,3-5,8-10,12H2,(H,19,28). The lowest BCUT2D eigenvalue weighted by atomic mass is 10.1. The molecule has 148 valence electrons. The van der Waals surface area contributed by atoms with Gasteiger partial charge in [0.15, 0.2) is 5.69 Å². The van der Waals surface area contributed by atoms with E-state index in [9.17, 15) is 15.2 Å². The topological polar surface area (TPSA) is 108 Å². The maximum atomic E-state index is 11.2. The van der Waals surface area contributed by atoms with Crippen molar-refractivity contribution in [3.05, 3.63) is 41.0 Å². The first-order valence-corrected chi connectivity index (χ1v) is 9.44. The van der Waals surface area contributed by atoms with Gasteiger partial charge in [0, 0.05) is 24.1 Å². The minimum atomic E-state index is -0.477. The second-order valence-corrected chi connectivity index (χ2v) is 6.94. The van der Waals surface area contributed by atoms with Crippen molar-refractivity contribution in [2.45, 2.75) is 25.9 Å². The molecule has 1 fully saturated rings. The van der Waals surface area contributed by atoms with Crippen LogP contribution in [0.3, 0.4) is 0 Å². The summed E-state index contributed by atoms with van der Waals surface area (Å²) in [5, 5.41) is 33.4. The van der Waals surface area contributed by atoms with E-state index < -0.39 is 4.92 Å². The first-order chi connectivity index (χ1) is 13.5. The number of likely N-dealkylation sites (tertiary alicyclic amines) is 1. The van der Waals surface area contributed by atoms with Crippen LogP contribution >= 0.6 is 12.2 Å². The first-order valence-electron chi connectivity index (χ1n) is 9.03. The Morgan fingerprint density at radius 1 is 1.39 bits per heavy atom. The van der Waals surface area contributed by atoms with Gasteiger partial charge in [-0.15, -0.1) is 16.8 Å². The summed E-state index contributed by atoms with van der Waals surface area (Å²) in [7, 11) is 0. The summed E-state index contributed by atoms with van der Waals surface area (Å²) in [4.78, 5) is 12.9. The molecule has 0 bridgehead atoms. The van der Waals surface area contributed by atoms with Crippen LogP contribution in [0.5, 0.6) is 5.88 Å². The van der Waals surface area contributed by atoms with Crippen molar-refractivity contribution in [1.82, 2.24) is 14.8 Å². The molecule has 1 aromatic heterocycles. The summed E-state index contributed by atoms with van der Waals surface area (Å²) in [5.74, 6) is -0.0867. The Morgan fingerprint density at radius 3 is 2.82 bits per heavy atom. The molecule has 10 heteroatoms. The average Bonchev–Trinajstić information content (AvgIpc) is 2.96. The second kappa shape index (κ2) is 8.89. The van der Waals surface area contributed by atoms with Gasteiger partial charge in [0.2, 0.25) is 11.0 Å². The van der Waals surface area contributed by atoms with Crippen LogP contribution in [-0.2, 0) is 6.67 Å². The Hall–Kier alpha value is -2.85. The van der Waals surface area contributed by atoms with Crippen molar-refractivity contribution >= 4 is 39.6 Å². The molecule has 0 radical (unpaired) electrons. The van der Waals surface area contributed by atoms with E-state index in [0.717, 1.165) is 25.9 Å². The van der Waals surface area contributed by atoms with Gasteiger partial charge in [-0.25, -0.2) is 0 Å². The normalized spacial score (nSPS) is 15.1. The highest BCUT2D eigenvalue weighted by Gasteiger charge is 2.22. The lowest BCUT2D eigenvalue weighted by Gasteiger charge is -2.27. The third-order valence-corrected chi connectivity index (χ3v) is 4.86. The predicted octanol–water partition coefficient (Wildman–Crippen LogP) is 3.84. The summed E-state index contributed by atoms with van der Waals surface area (Å²) in [6, 6.07) is 4.45. The fraction of sp³-hybridized carbons (Fsp3) is 0.389. The number of nitro groups is 1. The number of nitrogens with zero attached hydrogens (tertiary/aromatic N) is 5. The van der Waals surface area contributed by atoms with Gasteiger partial charge in [0.05, 0.1) is 17.1 Å². The number of aromatic nitrogens is 1. The molecule has 0 spiro atoms. The number of hydrogen-bond donors (Lipinski definition) is 2. The highest BCUT2D eigenvalue weighted by atomic mass is 32.1. The molecule has 1 aliphatic heterocycles. The Bertz CT molecular complexity index is 933. The van der Waals surface area contributed by atoms with Crippen molar-refractivity contribution in [2.75, 3.05) is 19.6 Å². The van der Waals surface area contributed by atoms with E-state index in [1.165, 1.54) is 18.6 Å². The van der Waals surface area contributed by atoms with Gasteiger partial charge in [-0.1, -0.05) is 12.5 Å². The van der Waals surface area contributed by atoms with E-state index in [1.54, 1.807) is 16.7 Å². The number of thiocarbonyl (C=S) groups is 1. The Labute approximate surface area is 167 Å². The largest absolute Gasteiger partial charge is 0.493 e. The van der Waals surface area contributed by atoms with Gasteiger partial charge < -0.3 is 10.4 Å². The molecule has 2 heterocycles. The third-order valence-electron chi connectivity index (χ3n) is 4.63. The number of rotatable bonds is 6. The highest BCUT2D eigenvalue weighted by molar-refractivity contribution is 7.80. The summed E-state index contributed by atoms with van der Waals surface area (Å²) in [5.41, 5.74) is 0.748. The van der Waals surface area contributed by atoms with E-state index in [-0.39, 0.29) is 22.4 Å². The molecular weight excluding hydrogens is 380 g/mol. The number of nitrogens with one attached hydrogen (secondary N) is 1. The molecule has 9 nitrogen and oxygen atoms in total. The van der Waals surface area contributed by atoms with E-state index in [1.807, 2.05) is 0 Å². The van der Waals surface area contributed by atoms with Crippen LogP contribution in [0.25, 0.3) is 10.9 Å². The van der Waals surface area contributed by atoms with Gasteiger partial charge in [-0.3, -0.25) is 19.6 Å². The Balaban J connectivity index is 2.01. The zero-order valence-electron chi connectivity index (χ0n) is 15.4. The van der Waals surface area contributed by atoms with E-state index in [2.05, 4.69) is 27.0 Å². The maximum Gasteiger partial charge on any atom is 0.270 e. The molecule has 0 amide bonds. The third kappa shape index (κ3) is 4.34. The summed E-state index contributed by atoms with van der Waals surface area (Å²) < 4.78 is 1.71. The van der Waals surface area contributed by atoms with E-state index in [4.69, 9.17) is 12.2 Å². The molecule has 0 unspecified atom stereocenters. The van der Waals surface area contributed by atoms with Crippen molar-refractivity contribution < 1.29 is 10.0 Å². The molecule has 28 heavy (non-hydrogen) atoms. The number of piperidine rings is 1. The molecule has 1 aromatic carbocycles. The summed E-state index contributed by atoms with van der Waals surface area (Å²) >= 11 is 5.07. The fourth-order valence-electron chi connectivity index (χ4n) is 3.26. The molecule has 0 saturated carbocycles. The molecule has 0 atom stereocenters. The minimum absolute atomic E-state index is 0.0774. The number of azo groups is 1. The van der Waals surface area contributed by atoms with Gasteiger partial charge in [0.25, 0.3) is 5.69 Å². The van der Waals surface area contributed by atoms with Gasteiger partial charge in [-0.05, 0) is 44.2 Å². The SMILES string of the molecule is C=CCNC(=S)N=Nc1c(O)n(CN2CCCCC2)c2ccc([N+](=O)[O-])cc12. The number of nitro benzene ring substituents is 1. The zero-order chi connectivity index (χ0) is 20.1. The summed E-state index contributed by atoms with van der Waals surface area (Å²) in [6.07, 6.45) is 5.06. The lowest BCUT2D eigenvalue weighted by Crippen LogP contribution is -2.31. The average molecular weight is 402 g/mol. The number of non-ortho nitro benzene ring substituents is 1. The monoisotopic (exact) mass is 402 g/mol. The zero-order valence-corrected chi connectivity index (χ0v) is 16.2. The van der Waals surface area contributed by atoms with Crippen LogP contribution in [-0.4, -0.2) is 44.2 Å². The van der Waals surface area contributed by atoms with Crippen LogP contribution in [0.2, 0.25) is 0 Å². The van der Waals surface area contributed by atoms with Crippen molar-refractivity contribution in [3.8, 4) is 5.88 Å². The predicted molar refractivity (Wildman–Crippen MR) is 111 cm³/mol. The molecule has 0 aliphatic carbocycles. The molecular formula is C18H22N6O3S. The smallest absolute Gasteiger partial charge is 0.270 e. The molecule has 2 N–H and O–H groups in total. The van der Waals surface area contributed by atoms with Crippen molar-refractivity contribution in [1.29, 1.82) is 0 Å². The first kappa shape index (κ1) is 19.9. The molecule has 2 aromatic rings. The van der Waals surface area contributed by atoms with Crippen LogP contribution in [0.1, 0.15) is 19.3 Å². The van der Waals surface area contributed by atoms with E-state index in [0.29, 0.717) is 24.1 Å². The minimum Gasteiger partial charge on any atom is -0.493 e. The Morgan fingerprint density at radius 2 is 2.14 bits per heavy atom. The lowest BCUT2D eigenvalue weighted by molar-refractivity contribution is -0.384. The number of fused-ring (bicyclic) bond motifs is 1. The maximum absolute atomic E-state index is 11.2. The highest BCUT2D eigenvalue weighted by Crippen LogP contribution is 2.40. The number of benzene rings is 1. The van der Waals surface area contributed by atoms with Gasteiger partial charge in [0.1, 0.15) is 0 Å². The van der Waals surface area contributed by atoms with Crippen LogP contribution in [0.15, 0.2) is 41.1 Å². The molecule has 3 rings (SSSR count). The molecule has 1 aliphatic rings.